The van der Waals surface area contributed by atoms with Gasteiger partial charge in [-0.15, -0.1) is 0 Å². The number of hydrogen-bond donors (Lipinski definition) is 0. The lowest BCUT2D eigenvalue weighted by Gasteiger charge is -2.32. The molecule has 0 spiro atoms. The van der Waals surface area contributed by atoms with Crippen molar-refractivity contribution in [1.82, 2.24) is 14.9 Å². The molecular weight excluding hydrogens is 252 g/mol. The Bertz CT molecular complexity index is 411. The topological polar surface area (TPSA) is 41.5 Å². The van der Waals surface area contributed by atoms with Crippen LogP contribution in [0.1, 0.15) is 6.42 Å². The monoisotopic (exact) mass is 268 g/mol. The van der Waals surface area contributed by atoms with Crippen molar-refractivity contribution in [2.24, 2.45) is 0 Å². The van der Waals surface area contributed by atoms with Gasteiger partial charge in [0.05, 0.1) is 13.2 Å². The van der Waals surface area contributed by atoms with Crippen LogP contribution in [-0.2, 0) is 4.74 Å². The second kappa shape index (κ2) is 5.38. The number of rotatable bonds is 2. The summed E-state index contributed by atoms with van der Waals surface area (Å²) < 4.78 is 5.39. The van der Waals surface area contributed by atoms with Crippen molar-refractivity contribution in [2.45, 2.75) is 12.5 Å². The molecule has 6 heteroatoms. The molecule has 2 saturated heterocycles. The maximum atomic E-state index is 5.90. The van der Waals surface area contributed by atoms with Crippen molar-refractivity contribution in [3.05, 3.63) is 17.5 Å². The number of aromatic nitrogens is 2. The van der Waals surface area contributed by atoms with Gasteiger partial charge in [-0.1, -0.05) is 11.6 Å². The van der Waals surface area contributed by atoms with E-state index in [9.17, 15) is 0 Å². The van der Waals surface area contributed by atoms with E-state index in [0.29, 0.717) is 11.2 Å². The zero-order valence-corrected chi connectivity index (χ0v) is 11.0. The predicted molar refractivity (Wildman–Crippen MR) is 70.1 cm³/mol. The molecule has 0 N–H and O–H groups in total. The standard InChI is InChI=1S/C12H17ClN4O/c13-11-7-12(15-9-14-11)17-2-1-10(8-17)16-3-5-18-6-4-16/h7,9-10H,1-6,8H2. The molecule has 1 aromatic heterocycles. The molecule has 0 saturated carbocycles. The van der Waals surface area contributed by atoms with Crippen molar-refractivity contribution in [3.63, 3.8) is 0 Å². The van der Waals surface area contributed by atoms with Gasteiger partial charge in [0.2, 0.25) is 0 Å². The van der Waals surface area contributed by atoms with Gasteiger partial charge in [-0.3, -0.25) is 4.90 Å². The Labute approximate surface area is 112 Å². The molecule has 1 aromatic rings. The molecule has 0 bridgehead atoms. The molecule has 18 heavy (non-hydrogen) atoms. The highest BCUT2D eigenvalue weighted by Gasteiger charge is 2.29. The van der Waals surface area contributed by atoms with Crippen LogP contribution < -0.4 is 4.90 Å². The molecule has 1 unspecified atom stereocenters. The highest BCUT2D eigenvalue weighted by atomic mass is 35.5. The normalized spacial score (nSPS) is 25.6. The van der Waals surface area contributed by atoms with Crippen LogP contribution in [0.3, 0.4) is 0 Å². The summed E-state index contributed by atoms with van der Waals surface area (Å²) in [6.45, 7) is 5.86. The minimum Gasteiger partial charge on any atom is -0.379 e. The third-order valence-corrected chi connectivity index (χ3v) is 3.88. The third-order valence-electron chi connectivity index (χ3n) is 3.67. The Morgan fingerprint density at radius 2 is 2.06 bits per heavy atom. The van der Waals surface area contributed by atoms with Gasteiger partial charge in [0.25, 0.3) is 0 Å². The van der Waals surface area contributed by atoms with Crippen LogP contribution in [0.4, 0.5) is 5.82 Å². The molecule has 0 aliphatic carbocycles. The Morgan fingerprint density at radius 1 is 1.22 bits per heavy atom. The van der Waals surface area contributed by atoms with E-state index in [1.165, 1.54) is 12.7 Å². The van der Waals surface area contributed by atoms with Crippen LogP contribution >= 0.6 is 11.6 Å². The lowest BCUT2D eigenvalue weighted by molar-refractivity contribution is 0.0209. The number of ether oxygens (including phenoxy) is 1. The lowest BCUT2D eigenvalue weighted by atomic mass is 10.2. The zero-order valence-electron chi connectivity index (χ0n) is 10.3. The fourth-order valence-electron chi connectivity index (χ4n) is 2.69. The molecule has 3 rings (SSSR count). The van der Waals surface area contributed by atoms with E-state index in [2.05, 4.69) is 19.8 Å². The summed E-state index contributed by atoms with van der Waals surface area (Å²) >= 11 is 5.90. The van der Waals surface area contributed by atoms with Crippen LogP contribution in [-0.4, -0.2) is 60.3 Å². The summed E-state index contributed by atoms with van der Waals surface area (Å²) in [5.74, 6) is 0.936. The Hall–Kier alpha value is -0.910. The molecule has 5 nitrogen and oxygen atoms in total. The highest BCUT2D eigenvalue weighted by molar-refractivity contribution is 6.29. The third kappa shape index (κ3) is 2.58. The summed E-state index contributed by atoms with van der Waals surface area (Å²) in [5.41, 5.74) is 0. The number of hydrogen-bond acceptors (Lipinski definition) is 5. The molecule has 0 radical (unpaired) electrons. The van der Waals surface area contributed by atoms with Gasteiger partial charge in [0.1, 0.15) is 17.3 Å². The zero-order chi connectivity index (χ0) is 12.4. The molecule has 0 amide bonds. The summed E-state index contributed by atoms with van der Waals surface area (Å²) in [6.07, 6.45) is 2.71. The maximum absolute atomic E-state index is 5.90. The van der Waals surface area contributed by atoms with Gasteiger partial charge in [-0.25, -0.2) is 9.97 Å². The van der Waals surface area contributed by atoms with E-state index in [4.69, 9.17) is 16.3 Å². The predicted octanol–water partition coefficient (Wildman–Crippen LogP) is 1.04. The first-order valence-electron chi connectivity index (χ1n) is 6.37. The summed E-state index contributed by atoms with van der Waals surface area (Å²) in [4.78, 5) is 13.0. The molecule has 3 heterocycles. The fourth-order valence-corrected chi connectivity index (χ4v) is 2.83. The molecule has 1 atom stereocenters. The second-order valence-corrected chi connectivity index (χ2v) is 5.12. The largest absolute Gasteiger partial charge is 0.379 e. The number of nitrogens with zero attached hydrogens (tertiary/aromatic N) is 4. The van der Waals surface area contributed by atoms with Crippen LogP contribution in [0.15, 0.2) is 12.4 Å². The first-order valence-corrected chi connectivity index (χ1v) is 6.75. The second-order valence-electron chi connectivity index (χ2n) is 4.74. The molecular formula is C12H17ClN4O. The van der Waals surface area contributed by atoms with E-state index < -0.39 is 0 Å². The molecule has 2 aliphatic rings. The van der Waals surface area contributed by atoms with Gasteiger partial charge >= 0.3 is 0 Å². The molecule has 98 valence electrons. The van der Waals surface area contributed by atoms with Gasteiger partial charge in [-0.05, 0) is 6.42 Å². The first kappa shape index (κ1) is 12.1. The van der Waals surface area contributed by atoms with E-state index in [1.807, 2.05) is 6.07 Å². The van der Waals surface area contributed by atoms with Crippen molar-refractivity contribution in [3.8, 4) is 0 Å². The van der Waals surface area contributed by atoms with Crippen LogP contribution in [0, 0.1) is 0 Å². The molecule has 2 aliphatic heterocycles. The van der Waals surface area contributed by atoms with Crippen LogP contribution in [0.2, 0.25) is 5.15 Å². The fraction of sp³-hybridized carbons (Fsp3) is 0.667. The Kier molecular flexibility index (Phi) is 3.63. The number of anilines is 1. The average molecular weight is 269 g/mol. The van der Waals surface area contributed by atoms with E-state index in [-0.39, 0.29) is 0 Å². The van der Waals surface area contributed by atoms with Gasteiger partial charge in [0.15, 0.2) is 0 Å². The van der Waals surface area contributed by atoms with Crippen molar-refractivity contribution in [1.29, 1.82) is 0 Å². The van der Waals surface area contributed by atoms with Gasteiger partial charge in [-0.2, -0.15) is 0 Å². The van der Waals surface area contributed by atoms with E-state index in [1.54, 1.807) is 0 Å². The first-order chi connectivity index (χ1) is 8.83. The number of halogens is 1. The SMILES string of the molecule is Clc1cc(N2CCC(N3CCOCC3)C2)ncn1. The highest BCUT2D eigenvalue weighted by Crippen LogP contribution is 2.22. The summed E-state index contributed by atoms with van der Waals surface area (Å²) in [5, 5.41) is 0.509. The maximum Gasteiger partial charge on any atom is 0.134 e. The van der Waals surface area contributed by atoms with Crippen molar-refractivity contribution >= 4 is 17.4 Å². The summed E-state index contributed by atoms with van der Waals surface area (Å²) in [6, 6.07) is 2.45. The van der Waals surface area contributed by atoms with E-state index >= 15 is 0 Å². The molecule has 2 fully saturated rings. The number of morpholine rings is 1. The smallest absolute Gasteiger partial charge is 0.134 e. The molecule has 0 aromatic carbocycles. The van der Waals surface area contributed by atoms with Crippen molar-refractivity contribution in [2.75, 3.05) is 44.3 Å². The van der Waals surface area contributed by atoms with Crippen LogP contribution in [0.25, 0.3) is 0 Å². The quantitative estimate of drug-likeness (QED) is 0.750. The average Bonchev–Trinajstić information content (AvgIpc) is 2.89. The van der Waals surface area contributed by atoms with Gasteiger partial charge < -0.3 is 9.64 Å². The lowest BCUT2D eigenvalue weighted by Crippen LogP contribution is -2.44. The summed E-state index contributed by atoms with van der Waals surface area (Å²) in [7, 11) is 0. The van der Waals surface area contributed by atoms with Gasteiger partial charge in [0, 0.05) is 38.3 Å². The Balaban J connectivity index is 1.64. The van der Waals surface area contributed by atoms with Crippen LogP contribution in [0.5, 0.6) is 0 Å². The van der Waals surface area contributed by atoms with E-state index in [0.717, 1.165) is 45.2 Å². The van der Waals surface area contributed by atoms with Crippen molar-refractivity contribution < 1.29 is 4.74 Å². The minimum absolute atomic E-state index is 0.509. The minimum atomic E-state index is 0.509. The Morgan fingerprint density at radius 3 is 2.83 bits per heavy atom.